The first-order chi connectivity index (χ1) is 10.1. The van der Waals surface area contributed by atoms with Gasteiger partial charge in [-0.2, -0.15) is 0 Å². The molecule has 2 fully saturated rings. The average molecular weight is 355 g/mol. The minimum Gasteiger partial charge on any atom is -0.378 e. The van der Waals surface area contributed by atoms with E-state index in [1.165, 1.54) is 11.1 Å². The third-order valence-corrected chi connectivity index (χ3v) is 5.32. The largest absolute Gasteiger partial charge is 0.378 e. The lowest BCUT2D eigenvalue weighted by atomic mass is 9.78. The van der Waals surface area contributed by atoms with Crippen molar-refractivity contribution in [2.24, 2.45) is 11.8 Å². The molecular weight excluding hydrogens is 332 g/mol. The Morgan fingerprint density at radius 2 is 2.29 bits per heavy atom. The molecule has 1 aromatic carbocycles. The van der Waals surface area contributed by atoms with Gasteiger partial charge in [-0.25, -0.2) is 0 Å². The summed E-state index contributed by atoms with van der Waals surface area (Å²) in [6, 6.07) is 6.54. The molecule has 1 aromatic rings. The third-order valence-electron chi connectivity index (χ3n) is 4.83. The maximum Gasteiger partial charge on any atom is 0.0940 e. The number of hydrogen-bond donors (Lipinski definition) is 2. The van der Waals surface area contributed by atoms with Crippen molar-refractivity contribution in [1.82, 2.24) is 5.43 Å². The third kappa shape index (κ3) is 3.17. The van der Waals surface area contributed by atoms with E-state index in [0.29, 0.717) is 5.92 Å². The number of ether oxygens (including phenoxy) is 2. The topological polar surface area (TPSA) is 56.5 Å². The van der Waals surface area contributed by atoms with Gasteiger partial charge >= 0.3 is 0 Å². The zero-order chi connectivity index (χ0) is 14.9. The van der Waals surface area contributed by atoms with Crippen LogP contribution in [0.2, 0.25) is 0 Å². The van der Waals surface area contributed by atoms with E-state index in [0.717, 1.165) is 43.6 Å². The van der Waals surface area contributed by atoms with Crippen LogP contribution in [-0.4, -0.2) is 25.4 Å². The summed E-state index contributed by atoms with van der Waals surface area (Å²) in [6.45, 7) is 4.46. The van der Waals surface area contributed by atoms with Crippen molar-refractivity contribution in [2.75, 3.05) is 19.8 Å². The van der Waals surface area contributed by atoms with E-state index < -0.39 is 0 Å². The number of hydrazine groups is 1. The van der Waals surface area contributed by atoms with Crippen LogP contribution in [0.5, 0.6) is 0 Å². The second-order valence-corrected chi connectivity index (χ2v) is 7.15. The molecular formula is C16H23BrN2O2. The maximum atomic E-state index is 6.04. The van der Waals surface area contributed by atoms with Gasteiger partial charge in [-0.1, -0.05) is 22.0 Å². The highest BCUT2D eigenvalue weighted by atomic mass is 79.9. The Morgan fingerprint density at radius 1 is 1.43 bits per heavy atom. The summed E-state index contributed by atoms with van der Waals surface area (Å²) in [6.07, 6.45) is 3.04. The molecule has 0 saturated carbocycles. The molecule has 0 aromatic heterocycles. The van der Waals surface area contributed by atoms with Crippen LogP contribution >= 0.6 is 15.9 Å². The first-order valence-corrected chi connectivity index (χ1v) is 8.37. The molecule has 4 nitrogen and oxygen atoms in total. The van der Waals surface area contributed by atoms with Gasteiger partial charge in [-0.3, -0.25) is 11.3 Å². The second kappa shape index (κ2) is 6.34. The number of nitrogens with one attached hydrogen (secondary N) is 1. The van der Waals surface area contributed by atoms with Gasteiger partial charge in [-0.15, -0.1) is 0 Å². The fourth-order valence-electron chi connectivity index (χ4n) is 3.64. The average Bonchev–Trinajstić information content (AvgIpc) is 2.91. The van der Waals surface area contributed by atoms with Crippen LogP contribution in [-0.2, 0) is 9.47 Å². The Bertz CT molecular complexity index is 503. The Hall–Kier alpha value is -0.460. The quantitative estimate of drug-likeness (QED) is 0.647. The summed E-state index contributed by atoms with van der Waals surface area (Å²) < 4.78 is 12.7. The molecule has 2 saturated heterocycles. The lowest BCUT2D eigenvalue weighted by Crippen LogP contribution is -2.45. The fourth-order valence-corrected chi connectivity index (χ4v) is 4.02. The van der Waals surface area contributed by atoms with Crippen molar-refractivity contribution in [2.45, 2.75) is 37.8 Å². The van der Waals surface area contributed by atoms with E-state index in [4.69, 9.17) is 15.3 Å². The van der Waals surface area contributed by atoms with Crippen LogP contribution in [0.15, 0.2) is 22.7 Å². The van der Waals surface area contributed by atoms with Gasteiger partial charge in [0.15, 0.2) is 0 Å². The van der Waals surface area contributed by atoms with Gasteiger partial charge in [0.05, 0.1) is 12.2 Å². The normalized spacial score (nSPS) is 30.7. The summed E-state index contributed by atoms with van der Waals surface area (Å²) in [4.78, 5) is 0. The lowest BCUT2D eigenvalue weighted by Gasteiger charge is -2.40. The smallest absolute Gasteiger partial charge is 0.0940 e. The molecule has 3 unspecified atom stereocenters. The first kappa shape index (κ1) is 15.4. The van der Waals surface area contributed by atoms with E-state index >= 15 is 0 Å². The van der Waals surface area contributed by atoms with E-state index in [1.807, 2.05) is 0 Å². The number of benzene rings is 1. The predicted octanol–water partition coefficient (Wildman–Crippen LogP) is 2.85. The van der Waals surface area contributed by atoms with Crippen molar-refractivity contribution < 1.29 is 9.47 Å². The SMILES string of the molecule is Cc1ccc(Br)cc1C(NN)C1CCOC2(CCOC2)C1. The van der Waals surface area contributed by atoms with E-state index in [2.05, 4.69) is 46.5 Å². The molecule has 0 amide bonds. The minimum absolute atomic E-state index is 0.0854. The lowest BCUT2D eigenvalue weighted by molar-refractivity contribution is -0.103. The molecule has 1 spiro atoms. The number of nitrogens with two attached hydrogens (primary N) is 1. The molecule has 21 heavy (non-hydrogen) atoms. The van der Waals surface area contributed by atoms with Crippen molar-refractivity contribution in [3.05, 3.63) is 33.8 Å². The van der Waals surface area contributed by atoms with Crippen LogP contribution in [0.4, 0.5) is 0 Å². The van der Waals surface area contributed by atoms with E-state index in [1.54, 1.807) is 0 Å². The summed E-state index contributed by atoms with van der Waals surface area (Å²) in [5, 5.41) is 0. The summed E-state index contributed by atoms with van der Waals surface area (Å²) >= 11 is 3.56. The highest BCUT2D eigenvalue weighted by Crippen LogP contribution is 2.41. The van der Waals surface area contributed by atoms with Crippen LogP contribution in [0.3, 0.4) is 0 Å². The Balaban J connectivity index is 1.84. The second-order valence-electron chi connectivity index (χ2n) is 6.23. The Morgan fingerprint density at radius 3 is 3.00 bits per heavy atom. The first-order valence-electron chi connectivity index (χ1n) is 7.57. The molecule has 3 rings (SSSR count). The van der Waals surface area contributed by atoms with Crippen molar-refractivity contribution in [3.8, 4) is 0 Å². The predicted molar refractivity (Wildman–Crippen MR) is 85.8 cm³/mol. The number of aryl methyl sites for hydroxylation is 1. The monoisotopic (exact) mass is 354 g/mol. The van der Waals surface area contributed by atoms with Crippen molar-refractivity contribution >= 4 is 15.9 Å². The standard InChI is InChI=1S/C16H23BrN2O2/c1-11-2-3-13(17)8-14(11)15(19-18)12-4-6-21-16(9-12)5-7-20-10-16/h2-3,8,12,15,19H,4-7,9-10,18H2,1H3. The summed E-state index contributed by atoms with van der Waals surface area (Å²) in [5.74, 6) is 6.38. The molecule has 3 atom stereocenters. The molecule has 5 heteroatoms. The van der Waals surface area contributed by atoms with Crippen molar-refractivity contribution in [3.63, 3.8) is 0 Å². The Labute approximate surface area is 134 Å². The van der Waals surface area contributed by atoms with Crippen LogP contribution < -0.4 is 11.3 Å². The van der Waals surface area contributed by atoms with Gasteiger partial charge in [-0.05, 0) is 48.9 Å². The molecule has 3 N–H and O–H groups in total. The minimum atomic E-state index is -0.0854. The molecule has 2 heterocycles. The zero-order valence-corrected chi connectivity index (χ0v) is 14.0. The number of halogens is 1. The maximum absolute atomic E-state index is 6.04. The number of rotatable bonds is 3. The van der Waals surface area contributed by atoms with E-state index in [9.17, 15) is 0 Å². The van der Waals surface area contributed by atoms with Gasteiger partial charge in [0.2, 0.25) is 0 Å². The van der Waals surface area contributed by atoms with Crippen molar-refractivity contribution in [1.29, 1.82) is 0 Å². The number of hydrogen-bond acceptors (Lipinski definition) is 4. The van der Waals surface area contributed by atoms with Gasteiger partial charge < -0.3 is 9.47 Å². The summed E-state index contributed by atoms with van der Waals surface area (Å²) in [7, 11) is 0. The molecule has 116 valence electrons. The van der Waals surface area contributed by atoms with Crippen LogP contribution in [0.25, 0.3) is 0 Å². The van der Waals surface area contributed by atoms with Gasteiger partial charge in [0, 0.05) is 30.1 Å². The zero-order valence-electron chi connectivity index (χ0n) is 12.4. The summed E-state index contributed by atoms with van der Waals surface area (Å²) in [5.41, 5.74) is 5.50. The molecule has 0 aliphatic carbocycles. The highest BCUT2D eigenvalue weighted by Gasteiger charge is 2.43. The van der Waals surface area contributed by atoms with Crippen LogP contribution in [0, 0.1) is 12.8 Å². The van der Waals surface area contributed by atoms with E-state index in [-0.39, 0.29) is 11.6 Å². The molecule has 2 aliphatic rings. The van der Waals surface area contributed by atoms with Gasteiger partial charge in [0.25, 0.3) is 0 Å². The Kier molecular flexibility index (Phi) is 4.66. The van der Waals surface area contributed by atoms with Crippen LogP contribution in [0.1, 0.15) is 36.4 Å². The molecule has 0 bridgehead atoms. The highest BCUT2D eigenvalue weighted by molar-refractivity contribution is 9.10. The molecule has 0 radical (unpaired) electrons. The molecule has 2 aliphatic heterocycles. The van der Waals surface area contributed by atoms with Gasteiger partial charge in [0.1, 0.15) is 0 Å². The fraction of sp³-hybridized carbons (Fsp3) is 0.625.